The highest BCUT2D eigenvalue weighted by Crippen LogP contribution is 2.35. The second-order valence-corrected chi connectivity index (χ2v) is 5.76. The number of hydrogen-bond donors (Lipinski definition) is 2. The molecule has 3 atom stereocenters. The highest BCUT2D eigenvalue weighted by atomic mass is 127. The van der Waals surface area contributed by atoms with Crippen LogP contribution in [0.4, 0.5) is 0 Å². The summed E-state index contributed by atoms with van der Waals surface area (Å²) in [4.78, 5) is 8.34. The summed E-state index contributed by atoms with van der Waals surface area (Å²) in [6.07, 6.45) is 2.07. The number of aliphatic hydroxyl groups is 2. The third kappa shape index (κ3) is 2.16. The number of hydrogen-bond acceptors (Lipinski definition) is 6. The molecule has 3 heterocycles. The molecule has 2 aromatic heterocycles. The van der Waals surface area contributed by atoms with Crippen LogP contribution in [0, 0.1) is 3.57 Å². The zero-order chi connectivity index (χ0) is 14.3. The number of aliphatic hydroxyl groups excluding tert-OH is 2. The normalized spacial score (nSPS) is 26.3. The molecule has 1 fully saturated rings. The van der Waals surface area contributed by atoms with Crippen molar-refractivity contribution in [3.05, 3.63) is 16.1 Å². The van der Waals surface area contributed by atoms with Crippen LogP contribution in [0.3, 0.4) is 0 Å². The van der Waals surface area contributed by atoms with Gasteiger partial charge >= 0.3 is 0 Å². The first-order valence-corrected chi connectivity index (χ1v) is 7.23. The van der Waals surface area contributed by atoms with E-state index in [-0.39, 0.29) is 12.7 Å². The van der Waals surface area contributed by atoms with Gasteiger partial charge in [-0.05, 0) is 22.6 Å². The third-order valence-electron chi connectivity index (χ3n) is 3.36. The van der Waals surface area contributed by atoms with E-state index in [2.05, 4.69) is 32.6 Å². The van der Waals surface area contributed by atoms with Gasteiger partial charge in [-0.1, -0.05) is 0 Å². The van der Waals surface area contributed by atoms with Crippen LogP contribution in [-0.4, -0.2) is 50.7 Å². The quantitative estimate of drug-likeness (QED) is 0.749. The molecule has 108 valence electrons. The molecule has 0 aromatic carbocycles. The summed E-state index contributed by atoms with van der Waals surface area (Å²) in [7, 11) is 1.55. The molecule has 0 spiro atoms. The Hall–Kier alpha value is -0.970. The second kappa shape index (κ2) is 5.43. The Labute approximate surface area is 128 Å². The molecule has 3 rings (SSSR count). The van der Waals surface area contributed by atoms with Crippen molar-refractivity contribution >= 4 is 33.6 Å². The van der Waals surface area contributed by atoms with Gasteiger partial charge in [-0.3, -0.25) is 0 Å². The van der Waals surface area contributed by atoms with E-state index in [1.165, 1.54) is 6.33 Å². The number of ether oxygens (including phenoxy) is 2. The highest BCUT2D eigenvalue weighted by Gasteiger charge is 2.36. The van der Waals surface area contributed by atoms with Crippen LogP contribution in [0.15, 0.2) is 12.5 Å². The molecule has 1 saturated heterocycles. The van der Waals surface area contributed by atoms with Gasteiger partial charge < -0.3 is 24.3 Å². The van der Waals surface area contributed by atoms with Gasteiger partial charge in [0.05, 0.1) is 25.2 Å². The average Bonchev–Trinajstić information content (AvgIpc) is 2.99. The Morgan fingerprint density at radius 2 is 2.35 bits per heavy atom. The molecule has 1 aliphatic rings. The van der Waals surface area contributed by atoms with Crippen molar-refractivity contribution in [3.63, 3.8) is 0 Å². The maximum Gasteiger partial charge on any atom is 0.226 e. The molecule has 0 radical (unpaired) electrons. The number of fused-ring (bicyclic) bond motifs is 1. The van der Waals surface area contributed by atoms with Crippen molar-refractivity contribution in [3.8, 4) is 5.88 Å². The lowest BCUT2D eigenvalue weighted by atomic mass is 10.2. The maximum atomic E-state index is 10.1. The smallest absolute Gasteiger partial charge is 0.226 e. The minimum atomic E-state index is -0.681. The molecule has 20 heavy (non-hydrogen) atoms. The number of rotatable bonds is 3. The van der Waals surface area contributed by atoms with Crippen LogP contribution < -0.4 is 4.74 Å². The van der Waals surface area contributed by atoms with Gasteiger partial charge in [-0.25, -0.2) is 9.97 Å². The summed E-state index contributed by atoms with van der Waals surface area (Å²) in [6, 6.07) is 0. The summed E-state index contributed by atoms with van der Waals surface area (Å²) in [5.74, 6) is 0.490. The van der Waals surface area contributed by atoms with E-state index in [4.69, 9.17) is 14.6 Å². The Morgan fingerprint density at radius 1 is 1.55 bits per heavy atom. The monoisotopic (exact) mass is 391 g/mol. The van der Waals surface area contributed by atoms with Crippen LogP contribution >= 0.6 is 22.6 Å². The fourth-order valence-electron chi connectivity index (χ4n) is 2.46. The lowest BCUT2D eigenvalue weighted by Gasteiger charge is -2.17. The summed E-state index contributed by atoms with van der Waals surface area (Å²) < 4.78 is 13.6. The topological polar surface area (TPSA) is 89.6 Å². The van der Waals surface area contributed by atoms with Crippen LogP contribution in [-0.2, 0) is 4.74 Å². The summed E-state index contributed by atoms with van der Waals surface area (Å²) in [5, 5.41) is 20.1. The molecule has 0 saturated carbocycles. The molecule has 8 heteroatoms. The number of halogens is 1. The first-order chi connectivity index (χ1) is 9.65. The first-order valence-electron chi connectivity index (χ1n) is 6.15. The molecule has 2 aromatic rings. The van der Waals surface area contributed by atoms with Gasteiger partial charge in [0.2, 0.25) is 5.88 Å². The number of aromatic nitrogens is 3. The molecule has 1 aliphatic heterocycles. The minimum Gasteiger partial charge on any atom is -0.480 e. The average molecular weight is 391 g/mol. The summed E-state index contributed by atoms with van der Waals surface area (Å²) in [6.45, 7) is -0.109. The standard InChI is InChI=1S/C12H14IN3O4/c1-19-11-9-7(13)3-16(10(9)14-5-15-11)12-8(18)2-6(4-17)20-12/h3,5-6,8,12,17-18H,2,4H2,1H3/t6-,8+,12?/m0/s1. The van der Waals surface area contributed by atoms with Crippen LogP contribution in [0.2, 0.25) is 0 Å². The lowest BCUT2D eigenvalue weighted by molar-refractivity contribution is -0.0484. The largest absolute Gasteiger partial charge is 0.480 e. The zero-order valence-corrected chi connectivity index (χ0v) is 12.9. The van der Waals surface area contributed by atoms with E-state index in [1.807, 2.05) is 6.20 Å². The second-order valence-electron chi connectivity index (χ2n) is 4.60. The van der Waals surface area contributed by atoms with Crippen molar-refractivity contribution < 1.29 is 19.7 Å². The molecule has 0 aliphatic carbocycles. The first kappa shape index (κ1) is 14.0. The molecule has 7 nitrogen and oxygen atoms in total. The van der Waals surface area contributed by atoms with Crippen LogP contribution in [0.5, 0.6) is 5.88 Å². The third-order valence-corrected chi connectivity index (χ3v) is 4.18. The molecule has 1 unspecified atom stereocenters. The molecule has 0 amide bonds. The maximum absolute atomic E-state index is 10.1. The summed E-state index contributed by atoms with van der Waals surface area (Å²) >= 11 is 2.17. The van der Waals surface area contributed by atoms with Gasteiger partial charge in [0.1, 0.15) is 12.4 Å². The molecule has 2 N–H and O–H groups in total. The Morgan fingerprint density at radius 3 is 3.00 bits per heavy atom. The van der Waals surface area contributed by atoms with E-state index in [9.17, 15) is 5.11 Å². The molecule has 0 bridgehead atoms. The van der Waals surface area contributed by atoms with Crippen LogP contribution in [0.1, 0.15) is 12.6 Å². The van der Waals surface area contributed by atoms with Crippen molar-refractivity contribution in [1.82, 2.24) is 14.5 Å². The van der Waals surface area contributed by atoms with Gasteiger partial charge in [-0.15, -0.1) is 0 Å². The van der Waals surface area contributed by atoms with Crippen molar-refractivity contribution in [2.75, 3.05) is 13.7 Å². The fourth-order valence-corrected chi connectivity index (χ4v) is 3.23. The minimum absolute atomic E-state index is 0.109. The van der Waals surface area contributed by atoms with Gasteiger partial charge in [-0.2, -0.15) is 0 Å². The number of methoxy groups -OCH3 is 1. The van der Waals surface area contributed by atoms with E-state index >= 15 is 0 Å². The SMILES string of the molecule is COc1ncnc2c1c(I)cn2C1O[C@H](CO)C[C@H]1O. The molecular formula is C12H14IN3O4. The Balaban J connectivity index is 2.09. The van der Waals surface area contributed by atoms with E-state index in [0.29, 0.717) is 17.9 Å². The van der Waals surface area contributed by atoms with Gasteiger partial charge in [0.25, 0.3) is 0 Å². The van der Waals surface area contributed by atoms with Crippen molar-refractivity contribution in [2.24, 2.45) is 0 Å². The Bertz CT molecular complexity index is 632. The van der Waals surface area contributed by atoms with Gasteiger partial charge in [0.15, 0.2) is 11.9 Å². The van der Waals surface area contributed by atoms with Crippen LogP contribution in [0.25, 0.3) is 11.0 Å². The predicted octanol–water partition coefficient (Wildman–Crippen LogP) is 0.685. The van der Waals surface area contributed by atoms with E-state index < -0.39 is 12.3 Å². The Kier molecular flexibility index (Phi) is 3.80. The predicted molar refractivity (Wildman–Crippen MR) is 78.4 cm³/mol. The van der Waals surface area contributed by atoms with E-state index in [0.717, 1.165) is 8.96 Å². The lowest BCUT2D eigenvalue weighted by Crippen LogP contribution is -2.19. The summed E-state index contributed by atoms with van der Waals surface area (Å²) in [5.41, 5.74) is 0.642. The van der Waals surface area contributed by atoms with E-state index in [1.54, 1.807) is 11.7 Å². The highest BCUT2D eigenvalue weighted by molar-refractivity contribution is 14.1. The van der Waals surface area contributed by atoms with Crippen molar-refractivity contribution in [2.45, 2.75) is 24.9 Å². The fraction of sp³-hybridized carbons (Fsp3) is 0.500. The van der Waals surface area contributed by atoms with Crippen molar-refractivity contribution in [1.29, 1.82) is 0 Å². The molecular weight excluding hydrogens is 377 g/mol. The zero-order valence-electron chi connectivity index (χ0n) is 10.7. The number of nitrogens with zero attached hydrogens (tertiary/aromatic N) is 3. The van der Waals surface area contributed by atoms with Gasteiger partial charge in [0, 0.05) is 16.2 Å².